The van der Waals surface area contributed by atoms with Crippen LogP contribution >= 0.6 is 11.3 Å². The maximum atomic E-state index is 12.1. The maximum absolute atomic E-state index is 12.1. The molecule has 21 heavy (non-hydrogen) atoms. The van der Waals surface area contributed by atoms with E-state index < -0.39 is 11.9 Å². The predicted molar refractivity (Wildman–Crippen MR) is 82.0 cm³/mol. The van der Waals surface area contributed by atoms with Crippen molar-refractivity contribution in [2.24, 2.45) is 0 Å². The minimum atomic E-state index is -0.547. The summed E-state index contributed by atoms with van der Waals surface area (Å²) in [4.78, 5) is 24.0. The van der Waals surface area contributed by atoms with Crippen molar-refractivity contribution in [2.75, 3.05) is 14.2 Å². The van der Waals surface area contributed by atoms with E-state index >= 15 is 0 Å². The second-order valence-electron chi connectivity index (χ2n) is 4.45. The lowest BCUT2D eigenvalue weighted by Gasteiger charge is -2.07. The van der Waals surface area contributed by atoms with E-state index in [4.69, 9.17) is 9.47 Å². The van der Waals surface area contributed by atoms with E-state index in [1.54, 1.807) is 6.07 Å². The first-order chi connectivity index (χ1) is 10.2. The van der Waals surface area contributed by atoms with Crippen LogP contribution in [0.25, 0.3) is 20.2 Å². The third-order valence-electron chi connectivity index (χ3n) is 3.34. The molecule has 106 valence electrons. The van der Waals surface area contributed by atoms with Gasteiger partial charge >= 0.3 is 11.9 Å². The first kappa shape index (κ1) is 13.6. The van der Waals surface area contributed by atoms with Crippen LogP contribution in [0.5, 0.6) is 0 Å². The van der Waals surface area contributed by atoms with Crippen LogP contribution in [0.15, 0.2) is 36.4 Å². The zero-order chi connectivity index (χ0) is 15.0. The molecule has 0 spiro atoms. The van der Waals surface area contributed by atoms with Crippen LogP contribution in [0.3, 0.4) is 0 Å². The molecule has 0 aliphatic rings. The van der Waals surface area contributed by atoms with Crippen LogP contribution in [0.4, 0.5) is 0 Å². The third-order valence-corrected chi connectivity index (χ3v) is 4.55. The molecule has 5 heteroatoms. The SMILES string of the molecule is COC(=O)c1ccc2c(sc3ccccc32)c1C(=O)OC. The molecule has 0 aliphatic carbocycles. The van der Waals surface area contributed by atoms with Gasteiger partial charge in [0.15, 0.2) is 0 Å². The molecule has 0 saturated heterocycles. The van der Waals surface area contributed by atoms with Gasteiger partial charge in [-0.05, 0) is 12.1 Å². The lowest BCUT2D eigenvalue weighted by molar-refractivity contribution is 0.0557. The van der Waals surface area contributed by atoms with E-state index in [1.807, 2.05) is 30.3 Å². The highest BCUT2D eigenvalue weighted by Gasteiger charge is 2.23. The molecule has 1 aromatic heterocycles. The number of benzene rings is 2. The molecule has 2 aromatic carbocycles. The van der Waals surface area contributed by atoms with Gasteiger partial charge in [-0.1, -0.05) is 24.3 Å². The molecule has 0 atom stereocenters. The zero-order valence-electron chi connectivity index (χ0n) is 11.5. The largest absolute Gasteiger partial charge is 0.465 e. The molecule has 0 fully saturated rings. The predicted octanol–water partition coefficient (Wildman–Crippen LogP) is 3.63. The number of fused-ring (bicyclic) bond motifs is 3. The first-order valence-corrected chi connectivity index (χ1v) is 7.10. The number of carbonyl (C=O) groups is 2. The number of carbonyl (C=O) groups excluding carboxylic acids is 2. The lowest BCUT2D eigenvalue weighted by atomic mass is 10.0. The van der Waals surface area contributed by atoms with Crippen molar-refractivity contribution in [3.8, 4) is 0 Å². The molecule has 0 N–H and O–H groups in total. The number of hydrogen-bond acceptors (Lipinski definition) is 5. The summed E-state index contributed by atoms with van der Waals surface area (Å²) < 4.78 is 11.4. The van der Waals surface area contributed by atoms with Crippen LogP contribution in [0, 0.1) is 0 Å². The van der Waals surface area contributed by atoms with E-state index in [0.29, 0.717) is 0 Å². The summed E-state index contributed by atoms with van der Waals surface area (Å²) in [6.45, 7) is 0. The van der Waals surface area contributed by atoms with E-state index in [1.165, 1.54) is 25.6 Å². The van der Waals surface area contributed by atoms with Crippen molar-refractivity contribution in [1.29, 1.82) is 0 Å². The highest BCUT2D eigenvalue weighted by atomic mass is 32.1. The Kier molecular flexibility index (Phi) is 3.35. The monoisotopic (exact) mass is 300 g/mol. The van der Waals surface area contributed by atoms with Gasteiger partial charge in [0.2, 0.25) is 0 Å². The molecule has 3 rings (SSSR count). The fourth-order valence-electron chi connectivity index (χ4n) is 2.37. The van der Waals surface area contributed by atoms with Crippen molar-refractivity contribution in [1.82, 2.24) is 0 Å². The van der Waals surface area contributed by atoms with Crippen molar-refractivity contribution >= 4 is 43.4 Å². The zero-order valence-corrected chi connectivity index (χ0v) is 12.3. The van der Waals surface area contributed by atoms with Crippen LogP contribution in [0.1, 0.15) is 20.7 Å². The number of hydrogen-bond donors (Lipinski definition) is 0. The Morgan fingerprint density at radius 3 is 2.33 bits per heavy atom. The van der Waals surface area contributed by atoms with E-state index in [0.717, 1.165) is 20.2 Å². The van der Waals surface area contributed by atoms with E-state index in [-0.39, 0.29) is 11.1 Å². The molecule has 0 unspecified atom stereocenters. The smallest absolute Gasteiger partial charge is 0.340 e. The Hall–Kier alpha value is -2.40. The maximum Gasteiger partial charge on any atom is 0.340 e. The summed E-state index contributed by atoms with van der Waals surface area (Å²) in [5.41, 5.74) is 0.492. The summed E-state index contributed by atoms with van der Waals surface area (Å²) >= 11 is 1.47. The lowest BCUT2D eigenvalue weighted by Crippen LogP contribution is -2.11. The minimum absolute atomic E-state index is 0.225. The summed E-state index contributed by atoms with van der Waals surface area (Å²) in [7, 11) is 2.59. The Balaban J connectivity index is 2.43. The van der Waals surface area contributed by atoms with Crippen molar-refractivity contribution in [3.63, 3.8) is 0 Å². The van der Waals surface area contributed by atoms with Crippen molar-refractivity contribution < 1.29 is 19.1 Å². The number of rotatable bonds is 2. The number of esters is 2. The molecule has 0 radical (unpaired) electrons. The first-order valence-electron chi connectivity index (χ1n) is 6.28. The van der Waals surface area contributed by atoms with Crippen molar-refractivity contribution in [2.45, 2.75) is 0 Å². The molecule has 0 saturated carbocycles. The fourth-order valence-corrected chi connectivity index (χ4v) is 3.61. The van der Waals surface area contributed by atoms with Gasteiger partial charge in [0, 0.05) is 15.5 Å². The van der Waals surface area contributed by atoms with Crippen LogP contribution in [-0.2, 0) is 9.47 Å². The van der Waals surface area contributed by atoms with Gasteiger partial charge in [-0.15, -0.1) is 11.3 Å². The average molecular weight is 300 g/mol. The number of thiophene rings is 1. The summed E-state index contributed by atoms with van der Waals surface area (Å²) in [6, 6.07) is 11.3. The Morgan fingerprint density at radius 2 is 1.62 bits per heavy atom. The third kappa shape index (κ3) is 2.06. The highest BCUT2D eigenvalue weighted by Crippen LogP contribution is 2.37. The quantitative estimate of drug-likeness (QED) is 0.678. The Morgan fingerprint density at radius 1 is 0.905 bits per heavy atom. The average Bonchev–Trinajstić information content (AvgIpc) is 2.91. The molecule has 4 nitrogen and oxygen atoms in total. The van der Waals surface area contributed by atoms with E-state index in [2.05, 4.69) is 0 Å². The van der Waals surface area contributed by atoms with Crippen molar-refractivity contribution in [3.05, 3.63) is 47.5 Å². The van der Waals surface area contributed by atoms with Gasteiger partial charge in [0.1, 0.15) is 0 Å². The molecular weight excluding hydrogens is 288 g/mol. The van der Waals surface area contributed by atoms with Crippen LogP contribution < -0.4 is 0 Å². The molecule has 0 bridgehead atoms. The van der Waals surface area contributed by atoms with Gasteiger partial charge in [0.25, 0.3) is 0 Å². The van der Waals surface area contributed by atoms with Gasteiger partial charge in [-0.3, -0.25) is 0 Å². The number of ether oxygens (including phenoxy) is 2. The highest BCUT2D eigenvalue weighted by molar-refractivity contribution is 7.26. The minimum Gasteiger partial charge on any atom is -0.465 e. The number of methoxy groups -OCH3 is 2. The van der Waals surface area contributed by atoms with Gasteiger partial charge in [0.05, 0.1) is 30.0 Å². The van der Waals surface area contributed by atoms with Gasteiger partial charge in [-0.2, -0.15) is 0 Å². The standard InChI is InChI=1S/C16H12O4S/c1-19-15(17)11-8-7-10-9-5-3-4-6-12(9)21-14(10)13(11)16(18)20-2/h3-8H,1-2H3. The second-order valence-corrected chi connectivity index (χ2v) is 5.50. The molecule has 3 aromatic rings. The second kappa shape index (κ2) is 5.18. The molecular formula is C16H12O4S. The Bertz CT molecular complexity index is 863. The van der Waals surface area contributed by atoms with Crippen LogP contribution in [-0.4, -0.2) is 26.2 Å². The normalized spacial score (nSPS) is 10.8. The summed E-state index contributed by atoms with van der Waals surface area (Å²) in [5.74, 6) is -1.08. The molecule has 0 amide bonds. The van der Waals surface area contributed by atoms with E-state index in [9.17, 15) is 9.59 Å². The molecule has 1 heterocycles. The summed E-state index contributed by atoms with van der Waals surface area (Å²) in [5, 5.41) is 1.99. The van der Waals surface area contributed by atoms with Gasteiger partial charge in [-0.25, -0.2) is 9.59 Å². The molecule has 0 aliphatic heterocycles. The Labute approximate surface area is 124 Å². The van der Waals surface area contributed by atoms with Crippen LogP contribution in [0.2, 0.25) is 0 Å². The van der Waals surface area contributed by atoms with Gasteiger partial charge < -0.3 is 9.47 Å². The fraction of sp³-hybridized carbons (Fsp3) is 0.125. The summed E-state index contributed by atoms with van der Waals surface area (Å²) in [6.07, 6.45) is 0. The topological polar surface area (TPSA) is 52.6 Å².